The fourth-order valence-electron chi connectivity index (χ4n) is 8.64. The Morgan fingerprint density at radius 2 is 1.76 bits per heavy atom. The maximum atomic E-state index is 2.98. The van der Waals surface area contributed by atoms with Crippen molar-refractivity contribution in [3.05, 3.63) is 12.2 Å². The first-order chi connectivity index (χ1) is 16.5. The van der Waals surface area contributed by atoms with Crippen LogP contribution in [0.15, 0.2) is 12.2 Å². The molecule has 0 aromatic rings. The molecule has 2 aliphatic carbocycles. The Kier molecular flexibility index (Phi) is 9.42. The van der Waals surface area contributed by atoms with Crippen LogP contribution in [0.4, 0.5) is 0 Å². The average molecular weight is 469 g/mol. The number of fused-ring (bicyclic) bond motifs is 4. The van der Waals surface area contributed by atoms with Gasteiger partial charge in [-0.2, -0.15) is 0 Å². The molecule has 1 saturated carbocycles. The fourth-order valence-corrected chi connectivity index (χ4v) is 8.64. The van der Waals surface area contributed by atoms with Crippen LogP contribution in [0, 0.1) is 34.5 Å². The van der Waals surface area contributed by atoms with E-state index in [1.165, 1.54) is 129 Å². The van der Waals surface area contributed by atoms with Crippen LogP contribution in [0.5, 0.6) is 0 Å². The lowest BCUT2D eigenvalue weighted by Gasteiger charge is -2.48. The summed E-state index contributed by atoms with van der Waals surface area (Å²) >= 11 is 0. The molecule has 2 heterocycles. The van der Waals surface area contributed by atoms with Gasteiger partial charge in [0.1, 0.15) is 13.1 Å². The van der Waals surface area contributed by atoms with E-state index < -0.39 is 0 Å². The lowest BCUT2D eigenvalue weighted by Crippen LogP contribution is -2.50. The van der Waals surface area contributed by atoms with E-state index >= 15 is 0 Å². The number of rotatable bonds is 7. The van der Waals surface area contributed by atoms with Gasteiger partial charge in [0.25, 0.3) is 0 Å². The normalized spacial score (nSPS) is 40.0. The molecular weight excluding hydrogens is 410 g/mol. The predicted molar refractivity (Wildman–Crippen MR) is 149 cm³/mol. The van der Waals surface area contributed by atoms with Crippen LogP contribution in [-0.2, 0) is 0 Å². The van der Waals surface area contributed by atoms with Crippen LogP contribution in [0.2, 0.25) is 0 Å². The van der Waals surface area contributed by atoms with Crippen LogP contribution in [0.3, 0.4) is 0 Å². The minimum absolute atomic E-state index is 0.418. The number of nitrogens with zero attached hydrogens (tertiary/aromatic N) is 1. The lowest BCUT2D eigenvalue weighted by atomic mass is 9.54. The van der Waals surface area contributed by atoms with E-state index in [1.54, 1.807) is 0 Å². The van der Waals surface area contributed by atoms with E-state index in [0.717, 1.165) is 23.7 Å². The molecule has 0 spiro atoms. The van der Waals surface area contributed by atoms with Gasteiger partial charge in [-0.05, 0) is 86.9 Å². The van der Waals surface area contributed by atoms with Gasteiger partial charge in [-0.25, -0.2) is 4.58 Å². The van der Waals surface area contributed by atoms with Gasteiger partial charge in [0, 0.05) is 24.7 Å². The summed E-state index contributed by atoms with van der Waals surface area (Å²) in [6, 6.07) is 0. The third-order valence-corrected chi connectivity index (χ3v) is 11.1. The van der Waals surface area contributed by atoms with E-state index in [2.05, 4.69) is 44.4 Å². The molecule has 4 aliphatic rings. The molecule has 2 aliphatic heterocycles. The first-order valence-electron chi connectivity index (χ1n) is 15.8. The summed E-state index contributed by atoms with van der Waals surface area (Å²) in [4.78, 5) is 0. The van der Waals surface area contributed by atoms with Crippen molar-refractivity contribution < 1.29 is 4.58 Å². The largest absolute Gasteiger partial charge is 0.236 e. The molecule has 4 unspecified atom stereocenters. The quantitative estimate of drug-likeness (QED) is 0.199. The number of hydrogen-bond acceptors (Lipinski definition) is 0. The number of allylic oxidation sites excluding steroid dienone is 2. The second-order valence-electron chi connectivity index (χ2n) is 13.6. The molecule has 4 bridgehead atoms. The average Bonchev–Trinajstić information content (AvgIpc) is 2.93. The Hall–Kier alpha value is -0.590. The molecule has 6 atom stereocenters. The van der Waals surface area contributed by atoms with Gasteiger partial charge in [0.05, 0.1) is 0 Å². The Labute approximate surface area is 213 Å². The second kappa shape index (κ2) is 12.1. The maximum absolute atomic E-state index is 2.98. The minimum Gasteiger partial charge on any atom is -0.236 e. The Morgan fingerprint density at radius 3 is 2.59 bits per heavy atom. The Balaban J connectivity index is 1.62. The summed E-state index contributed by atoms with van der Waals surface area (Å²) in [6.45, 7) is 12.9. The zero-order valence-electron chi connectivity index (χ0n) is 23.6. The molecule has 0 saturated heterocycles. The van der Waals surface area contributed by atoms with Crippen molar-refractivity contribution in [1.82, 2.24) is 0 Å². The van der Waals surface area contributed by atoms with Crippen molar-refractivity contribution in [2.45, 2.75) is 143 Å². The highest BCUT2D eigenvalue weighted by Crippen LogP contribution is 2.54. The molecule has 194 valence electrons. The maximum Gasteiger partial charge on any atom is 0.156 e. The van der Waals surface area contributed by atoms with Crippen LogP contribution >= 0.6 is 0 Å². The van der Waals surface area contributed by atoms with Crippen molar-refractivity contribution in [3.8, 4) is 0 Å². The molecule has 34 heavy (non-hydrogen) atoms. The molecule has 0 aromatic carbocycles. The number of unbranched alkanes of at least 4 members (excludes halogenated alkanes) is 3. The van der Waals surface area contributed by atoms with Crippen molar-refractivity contribution in [1.29, 1.82) is 0 Å². The molecule has 1 heteroatoms. The van der Waals surface area contributed by atoms with Crippen molar-refractivity contribution in [2.24, 2.45) is 34.5 Å². The zero-order valence-corrected chi connectivity index (χ0v) is 23.6. The van der Waals surface area contributed by atoms with Crippen LogP contribution in [0.25, 0.3) is 0 Å². The number of hydrogen-bond donors (Lipinski definition) is 0. The first kappa shape index (κ1) is 26.5. The second-order valence-corrected chi connectivity index (χ2v) is 13.6. The van der Waals surface area contributed by atoms with E-state index in [-0.39, 0.29) is 0 Å². The summed E-state index contributed by atoms with van der Waals surface area (Å²) in [7, 11) is 0. The molecule has 0 aromatic heterocycles. The fraction of sp³-hybridized carbons (Fsp3) is 0.909. The van der Waals surface area contributed by atoms with Gasteiger partial charge < -0.3 is 0 Å². The lowest BCUT2D eigenvalue weighted by molar-refractivity contribution is -0.542. The van der Waals surface area contributed by atoms with Crippen LogP contribution in [-0.4, -0.2) is 23.4 Å². The smallest absolute Gasteiger partial charge is 0.156 e. The summed E-state index contributed by atoms with van der Waals surface area (Å²) in [5.41, 5.74) is 2.93. The molecule has 0 N–H and O–H groups in total. The molecule has 0 radical (unpaired) electrons. The minimum atomic E-state index is 0.418. The topological polar surface area (TPSA) is 3.01 Å². The van der Waals surface area contributed by atoms with E-state index in [0.29, 0.717) is 10.8 Å². The molecule has 4 rings (SSSR count). The monoisotopic (exact) mass is 468 g/mol. The summed E-state index contributed by atoms with van der Waals surface area (Å²) in [6.07, 6.45) is 31.1. The van der Waals surface area contributed by atoms with Crippen molar-refractivity contribution >= 4 is 5.71 Å². The predicted octanol–water partition coefficient (Wildman–Crippen LogP) is 9.59. The van der Waals surface area contributed by atoms with Gasteiger partial charge in [-0.15, -0.1) is 0 Å². The standard InChI is InChI=1S/C33H58N/c1-5-7-12-21-33(4)22-14-15-23-34-26-27-16-11-9-10-13-20-32(3,19-8-6-2)28(24-27)17-18-29-30(33)25-31(29)34/h13,20,27-30H,5-12,14-19,21-26H2,1-4H3/q+1/b20-13-,34-31?/t27-,28-,29?,30?,32?,33?/m1/s1. The molecular formula is C33H58N+. The third-order valence-electron chi connectivity index (χ3n) is 11.1. The van der Waals surface area contributed by atoms with Gasteiger partial charge in [0.2, 0.25) is 0 Å². The van der Waals surface area contributed by atoms with Gasteiger partial charge in [-0.3, -0.25) is 0 Å². The zero-order chi connectivity index (χ0) is 24.0. The van der Waals surface area contributed by atoms with Gasteiger partial charge in [-0.1, -0.05) is 78.4 Å². The van der Waals surface area contributed by atoms with E-state index in [1.807, 2.05) is 5.71 Å². The summed E-state index contributed by atoms with van der Waals surface area (Å²) in [5, 5.41) is 0. The highest BCUT2D eigenvalue weighted by molar-refractivity contribution is 5.88. The van der Waals surface area contributed by atoms with Crippen LogP contribution < -0.4 is 0 Å². The SMILES string of the molecule is CCCCCC1(C)CCCC[N+]2=C3CC1C3CC[C@@H]1C[C@@H](CCCC/C=C\C1(C)CCCC)C2. The Morgan fingerprint density at radius 1 is 0.912 bits per heavy atom. The molecule has 0 amide bonds. The summed E-state index contributed by atoms with van der Waals surface area (Å²) < 4.78 is 2.98. The molecule has 1 nitrogen and oxygen atoms in total. The van der Waals surface area contributed by atoms with Gasteiger partial charge >= 0.3 is 0 Å². The van der Waals surface area contributed by atoms with E-state index in [9.17, 15) is 0 Å². The first-order valence-corrected chi connectivity index (χ1v) is 15.8. The van der Waals surface area contributed by atoms with Crippen LogP contribution in [0.1, 0.15) is 143 Å². The van der Waals surface area contributed by atoms with Crippen molar-refractivity contribution in [2.75, 3.05) is 13.1 Å². The highest BCUT2D eigenvalue weighted by Gasteiger charge is 2.53. The molecule has 1 fully saturated rings. The van der Waals surface area contributed by atoms with Crippen molar-refractivity contribution in [3.63, 3.8) is 0 Å². The summed E-state index contributed by atoms with van der Waals surface area (Å²) in [5.74, 6) is 3.66. The van der Waals surface area contributed by atoms with Gasteiger partial charge in [0.15, 0.2) is 5.71 Å². The third kappa shape index (κ3) is 6.03. The van der Waals surface area contributed by atoms with E-state index in [4.69, 9.17) is 0 Å². The highest BCUT2D eigenvalue weighted by atomic mass is 15.0. The Bertz CT molecular complexity index is 703.